The first-order valence-corrected chi connectivity index (χ1v) is 9.43. The van der Waals surface area contributed by atoms with Gasteiger partial charge in [-0.25, -0.2) is 0 Å². The average Bonchev–Trinajstić information content (AvgIpc) is 2.51. The molecule has 0 amide bonds. The first kappa shape index (κ1) is 18.4. The zero-order valence-corrected chi connectivity index (χ0v) is 15.5. The van der Waals surface area contributed by atoms with Gasteiger partial charge in [-0.3, -0.25) is 0 Å². The van der Waals surface area contributed by atoms with Crippen molar-refractivity contribution >= 4 is 0 Å². The van der Waals surface area contributed by atoms with Crippen LogP contribution in [0, 0.1) is 28.1 Å². The second kappa shape index (κ2) is 5.80. The summed E-state index contributed by atoms with van der Waals surface area (Å²) in [6, 6.07) is 0. The highest BCUT2D eigenvalue weighted by atomic mass is 16.3. The van der Waals surface area contributed by atoms with Gasteiger partial charge in [-0.15, -0.1) is 0 Å². The van der Waals surface area contributed by atoms with Crippen LogP contribution in [0.2, 0.25) is 0 Å². The molecule has 3 aliphatic rings. The molecule has 0 aromatic carbocycles. The van der Waals surface area contributed by atoms with Gasteiger partial charge in [0, 0.05) is 5.41 Å². The molecule has 3 rings (SSSR count). The second-order valence-corrected chi connectivity index (χ2v) is 9.65. The highest BCUT2D eigenvalue weighted by Gasteiger charge is 2.59. The van der Waals surface area contributed by atoms with Crippen LogP contribution < -0.4 is 0 Å². The van der Waals surface area contributed by atoms with Gasteiger partial charge in [-0.2, -0.15) is 0 Å². The Labute approximate surface area is 145 Å². The molecule has 24 heavy (non-hydrogen) atoms. The van der Waals surface area contributed by atoms with Gasteiger partial charge in [-0.1, -0.05) is 39.3 Å². The van der Waals surface area contributed by atoms with Crippen LogP contribution in [0.4, 0.5) is 0 Å². The van der Waals surface area contributed by atoms with Crippen LogP contribution in [-0.2, 0) is 0 Å². The Morgan fingerprint density at radius 3 is 2.46 bits per heavy atom. The summed E-state index contributed by atoms with van der Waals surface area (Å²) >= 11 is 0. The van der Waals surface area contributed by atoms with E-state index in [-0.39, 0.29) is 22.9 Å². The molecule has 0 heterocycles. The Kier molecular flexibility index (Phi) is 4.44. The Balaban J connectivity index is 1.96. The number of fused-ring (bicyclic) bond motifs is 3. The quantitative estimate of drug-likeness (QED) is 0.582. The van der Waals surface area contributed by atoms with Crippen LogP contribution in [0.25, 0.3) is 0 Å². The van der Waals surface area contributed by atoms with Crippen molar-refractivity contribution in [1.82, 2.24) is 0 Å². The summed E-state index contributed by atoms with van der Waals surface area (Å²) in [5.41, 5.74) is 0.724. The van der Waals surface area contributed by atoms with Gasteiger partial charge in [0.1, 0.15) is 0 Å². The topological polar surface area (TPSA) is 80.9 Å². The van der Waals surface area contributed by atoms with Crippen molar-refractivity contribution in [2.24, 2.45) is 28.1 Å². The Morgan fingerprint density at radius 2 is 1.83 bits per heavy atom. The minimum Gasteiger partial charge on any atom is -0.394 e. The van der Waals surface area contributed by atoms with E-state index >= 15 is 0 Å². The number of allylic oxidation sites excluding steroid dienone is 1. The minimum absolute atomic E-state index is 0.0161. The molecule has 0 aromatic rings. The molecule has 4 nitrogen and oxygen atoms in total. The van der Waals surface area contributed by atoms with E-state index in [1.165, 1.54) is 5.57 Å². The molecule has 0 saturated heterocycles. The molecule has 4 heteroatoms. The number of hydrogen-bond acceptors (Lipinski definition) is 4. The maximum atomic E-state index is 10.5. The van der Waals surface area contributed by atoms with Crippen molar-refractivity contribution in [3.63, 3.8) is 0 Å². The second-order valence-electron chi connectivity index (χ2n) is 9.65. The lowest BCUT2D eigenvalue weighted by molar-refractivity contribution is -0.182. The first-order chi connectivity index (χ1) is 11.1. The summed E-state index contributed by atoms with van der Waals surface area (Å²) in [6.07, 6.45) is 4.65. The smallest absolute Gasteiger partial charge is 0.0858 e. The van der Waals surface area contributed by atoms with Gasteiger partial charge in [0.05, 0.1) is 24.9 Å². The summed E-state index contributed by atoms with van der Waals surface area (Å²) in [7, 11) is 0. The van der Waals surface area contributed by atoms with E-state index < -0.39 is 18.3 Å². The van der Waals surface area contributed by atoms with Gasteiger partial charge < -0.3 is 20.4 Å². The molecule has 0 aliphatic heterocycles. The zero-order valence-electron chi connectivity index (χ0n) is 15.5. The van der Waals surface area contributed by atoms with Crippen LogP contribution in [0.3, 0.4) is 0 Å². The number of aliphatic hydroxyl groups is 4. The summed E-state index contributed by atoms with van der Waals surface area (Å²) in [5, 5.41) is 40.6. The van der Waals surface area contributed by atoms with E-state index in [2.05, 4.69) is 26.8 Å². The molecule has 0 spiro atoms. The van der Waals surface area contributed by atoms with Crippen molar-refractivity contribution < 1.29 is 20.4 Å². The molecular weight excluding hydrogens is 304 g/mol. The molecule has 2 saturated carbocycles. The first-order valence-electron chi connectivity index (χ1n) is 9.43. The lowest BCUT2D eigenvalue weighted by Crippen LogP contribution is -2.60. The van der Waals surface area contributed by atoms with Crippen LogP contribution in [0.15, 0.2) is 11.6 Å². The maximum Gasteiger partial charge on any atom is 0.0858 e. The molecule has 2 fully saturated rings. The van der Waals surface area contributed by atoms with E-state index in [1.807, 2.05) is 6.92 Å². The minimum atomic E-state index is -0.716. The SMILES string of the molecule is CC1(C)[C@H](O)[C@H](O)C[C@]2(C)[C@H]3CC[C@@](C)([C@H](O)CO)C=C3CC[C@@H]12. The standard InChI is InChI=1S/C20H34O4/c1-18(2)15-6-5-12-9-19(3,16(23)11-21)8-7-13(12)20(15,4)10-14(22)17(18)24/h9,13-17,21-24H,5-8,10-11H2,1-4H3/t13-,14+,15-,16+,17+,19+,20+/m0/s1. The van der Waals surface area contributed by atoms with E-state index in [0.29, 0.717) is 18.3 Å². The normalized spacial score (nSPS) is 48.9. The lowest BCUT2D eigenvalue weighted by Gasteiger charge is -2.62. The van der Waals surface area contributed by atoms with E-state index in [0.717, 1.165) is 25.7 Å². The largest absolute Gasteiger partial charge is 0.394 e. The molecule has 0 bridgehead atoms. The fourth-order valence-corrected chi connectivity index (χ4v) is 6.36. The molecular formula is C20H34O4. The van der Waals surface area contributed by atoms with E-state index in [9.17, 15) is 20.4 Å². The summed E-state index contributed by atoms with van der Waals surface area (Å²) < 4.78 is 0. The van der Waals surface area contributed by atoms with E-state index in [4.69, 9.17) is 0 Å². The Bertz CT molecular complexity index is 528. The third kappa shape index (κ3) is 2.49. The van der Waals surface area contributed by atoms with Gasteiger partial charge in [0.25, 0.3) is 0 Å². The summed E-state index contributed by atoms with van der Waals surface area (Å²) in [4.78, 5) is 0. The average molecular weight is 338 g/mol. The number of rotatable bonds is 2. The number of hydrogen-bond donors (Lipinski definition) is 4. The van der Waals surface area contributed by atoms with Crippen molar-refractivity contribution in [3.05, 3.63) is 11.6 Å². The van der Waals surface area contributed by atoms with Gasteiger partial charge in [0.15, 0.2) is 0 Å². The molecule has 138 valence electrons. The third-order valence-electron chi connectivity index (χ3n) is 7.86. The highest BCUT2D eigenvalue weighted by Crippen LogP contribution is 2.63. The van der Waals surface area contributed by atoms with Gasteiger partial charge >= 0.3 is 0 Å². The molecule has 0 radical (unpaired) electrons. The molecule has 7 atom stereocenters. The van der Waals surface area contributed by atoms with Crippen molar-refractivity contribution in [3.8, 4) is 0 Å². The molecule has 3 aliphatic carbocycles. The molecule has 4 N–H and O–H groups in total. The fourth-order valence-electron chi connectivity index (χ4n) is 6.36. The molecule has 0 aromatic heterocycles. The number of aliphatic hydroxyl groups excluding tert-OH is 4. The predicted octanol–water partition coefficient (Wildman–Crippen LogP) is 2.25. The van der Waals surface area contributed by atoms with Gasteiger partial charge in [-0.05, 0) is 54.8 Å². The van der Waals surface area contributed by atoms with Crippen LogP contribution in [0.5, 0.6) is 0 Å². The zero-order chi connectivity index (χ0) is 17.9. The van der Waals surface area contributed by atoms with Crippen molar-refractivity contribution in [2.45, 2.75) is 78.1 Å². The Hall–Kier alpha value is -0.420. The van der Waals surface area contributed by atoms with Crippen LogP contribution >= 0.6 is 0 Å². The summed E-state index contributed by atoms with van der Waals surface area (Å²) in [6.45, 7) is 8.31. The van der Waals surface area contributed by atoms with Crippen molar-refractivity contribution in [1.29, 1.82) is 0 Å². The maximum absolute atomic E-state index is 10.5. The molecule has 0 unspecified atom stereocenters. The predicted molar refractivity (Wildman–Crippen MR) is 93.2 cm³/mol. The summed E-state index contributed by atoms with van der Waals surface area (Å²) in [5.74, 6) is 0.786. The monoisotopic (exact) mass is 338 g/mol. The lowest BCUT2D eigenvalue weighted by atomic mass is 9.44. The fraction of sp³-hybridized carbons (Fsp3) is 0.900. The Morgan fingerprint density at radius 1 is 1.17 bits per heavy atom. The van der Waals surface area contributed by atoms with Crippen LogP contribution in [0.1, 0.15) is 59.8 Å². The van der Waals surface area contributed by atoms with Gasteiger partial charge in [0.2, 0.25) is 0 Å². The van der Waals surface area contributed by atoms with Crippen LogP contribution in [-0.4, -0.2) is 45.3 Å². The van der Waals surface area contributed by atoms with Crippen molar-refractivity contribution in [2.75, 3.05) is 6.61 Å². The van der Waals surface area contributed by atoms with E-state index in [1.54, 1.807) is 0 Å². The highest BCUT2D eigenvalue weighted by molar-refractivity contribution is 5.26. The third-order valence-corrected chi connectivity index (χ3v) is 7.86.